The molecule has 1 N–H and O–H groups in total. The smallest absolute Gasteiger partial charge is 0.0577 e. The topological polar surface area (TPSA) is 20.2 Å². The monoisotopic (exact) mass is 428 g/mol. The zero-order valence-corrected chi connectivity index (χ0v) is 21.6. The average molecular weight is 429 g/mol. The Hall–Kier alpha value is -0.300. The lowest BCUT2D eigenvalue weighted by Crippen LogP contribution is -2.50. The largest absolute Gasteiger partial charge is 0.393 e. The van der Waals surface area contributed by atoms with Crippen LogP contribution in [-0.4, -0.2) is 11.2 Å². The Bertz CT molecular complexity index is 649. The van der Waals surface area contributed by atoms with Gasteiger partial charge in [0.25, 0.3) is 0 Å². The molecule has 31 heavy (non-hydrogen) atoms. The normalized spacial score (nSPS) is 44.3. The second-order valence-electron chi connectivity index (χ2n) is 13.2. The van der Waals surface area contributed by atoms with E-state index >= 15 is 0 Å². The quantitative estimate of drug-likeness (QED) is 0.403. The summed E-state index contributed by atoms with van der Waals surface area (Å²) in [5.41, 5.74) is 2.58. The highest BCUT2D eigenvalue weighted by Gasteiger charge is 2.59. The van der Waals surface area contributed by atoms with Gasteiger partial charge in [0.15, 0.2) is 0 Å². The lowest BCUT2D eigenvalue weighted by atomic mass is 9.47. The van der Waals surface area contributed by atoms with Gasteiger partial charge in [-0.05, 0) is 110 Å². The van der Waals surface area contributed by atoms with Crippen molar-refractivity contribution >= 4 is 0 Å². The number of aliphatic hydroxyl groups is 1. The summed E-state index contributed by atoms with van der Waals surface area (Å²) in [5, 5.41) is 10.3. The van der Waals surface area contributed by atoms with Crippen LogP contribution in [0.5, 0.6) is 0 Å². The van der Waals surface area contributed by atoms with Crippen LogP contribution in [0.15, 0.2) is 11.6 Å². The van der Waals surface area contributed by atoms with Crippen LogP contribution in [0.3, 0.4) is 0 Å². The van der Waals surface area contributed by atoms with Gasteiger partial charge in [0.2, 0.25) is 0 Å². The average Bonchev–Trinajstić information content (AvgIpc) is 3.08. The van der Waals surface area contributed by atoms with Gasteiger partial charge in [-0.25, -0.2) is 0 Å². The summed E-state index contributed by atoms with van der Waals surface area (Å²) >= 11 is 0. The van der Waals surface area contributed by atoms with Crippen LogP contribution in [0.4, 0.5) is 0 Å². The fourth-order valence-electron chi connectivity index (χ4n) is 9.48. The molecule has 0 aromatic rings. The van der Waals surface area contributed by atoms with Crippen LogP contribution >= 0.6 is 0 Å². The van der Waals surface area contributed by atoms with Crippen LogP contribution in [-0.2, 0) is 0 Å². The van der Waals surface area contributed by atoms with E-state index in [0.717, 1.165) is 54.3 Å². The van der Waals surface area contributed by atoms with Crippen LogP contribution in [0.25, 0.3) is 0 Å². The van der Waals surface area contributed by atoms with Crippen molar-refractivity contribution in [3.8, 4) is 0 Å². The highest BCUT2D eigenvalue weighted by atomic mass is 16.3. The molecule has 9 atom stereocenters. The van der Waals surface area contributed by atoms with Crippen molar-refractivity contribution in [2.24, 2.45) is 52.3 Å². The summed E-state index contributed by atoms with van der Waals surface area (Å²) < 4.78 is 0. The van der Waals surface area contributed by atoms with E-state index in [9.17, 15) is 5.11 Å². The molecule has 3 saturated carbocycles. The number of rotatable bonds is 7. The molecule has 4 aliphatic carbocycles. The Kier molecular flexibility index (Phi) is 7.04. The first-order chi connectivity index (χ1) is 14.7. The fourth-order valence-corrected chi connectivity index (χ4v) is 9.48. The van der Waals surface area contributed by atoms with Crippen molar-refractivity contribution in [3.63, 3.8) is 0 Å². The van der Waals surface area contributed by atoms with Gasteiger partial charge in [0.1, 0.15) is 0 Å². The number of hydrogen-bond donors (Lipinski definition) is 1. The lowest BCUT2D eigenvalue weighted by molar-refractivity contribution is -0.0575. The van der Waals surface area contributed by atoms with Gasteiger partial charge in [-0.1, -0.05) is 72.5 Å². The summed E-state index contributed by atoms with van der Waals surface area (Å²) in [6.45, 7) is 15.1. The van der Waals surface area contributed by atoms with Crippen LogP contribution < -0.4 is 0 Å². The maximum atomic E-state index is 10.3. The molecule has 1 heteroatoms. The fraction of sp³-hybridized carbons (Fsp3) is 0.933. The minimum absolute atomic E-state index is 0.0798. The molecule has 0 aromatic carbocycles. The van der Waals surface area contributed by atoms with Crippen molar-refractivity contribution in [3.05, 3.63) is 11.6 Å². The molecule has 0 bridgehead atoms. The lowest BCUT2D eigenvalue weighted by Gasteiger charge is -2.58. The molecule has 1 nitrogen and oxygen atoms in total. The molecule has 0 aromatic heterocycles. The molecule has 3 fully saturated rings. The van der Waals surface area contributed by atoms with Gasteiger partial charge in [-0.2, -0.15) is 0 Å². The minimum Gasteiger partial charge on any atom is -0.393 e. The predicted molar refractivity (Wildman–Crippen MR) is 133 cm³/mol. The van der Waals surface area contributed by atoms with Gasteiger partial charge in [0.05, 0.1) is 6.10 Å². The third-order valence-corrected chi connectivity index (χ3v) is 11.4. The molecule has 0 spiro atoms. The Morgan fingerprint density at radius 2 is 1.74 bits per heavy atom. The predicted octanol–water partition coefficient (Wildman–Crippen LogP) is 8.41. The van der Waals surface area contributed by atoms with E-state index in [0.29, 0.717) is 10.8 Å². The molecule has 0 radical (unpaired) electrons. The first-order valence-electron chi connectivity index (χ1n) is 14.1. The maximum absolute atomic E-state index is 10.3. The van der Waals surface area contributed by atoms with Gasteiger partial charge < -0.3 is 5.11 Å². The first kappa shape index (κ1) is 23.8. The number of fused-ring (bicyclic) bond motifs is 5. The van der Waals surface area contributed by atoms with E-state index in [1.807, 2.05) is 0 Å². The van der Waals surface area contributed by atoms with E-state index in [1.54, 1.807) is 5.57 Å². The highest BCUT2D eigenvalue weighted by molar-refractivity contribution is 5.25. The second-order valence-corrected chi connectivity index (χ2v) is 13.2. The van der Waals surface area contributed by atoms with Gasteiger partial charge in [0, 0.05) is 0 Å². The van der Waals surface area contributed by atoms with E-state index in [2.05, 4.69) is 47.6 Å². The number of hydrogen-bond acceptors (Lipinski definition) is 1. The second kappa shape index (κ2) is 9.15. The minimum atomic E-state index is -0.0798. The van der Waals surface area contributed by atoms with Gasteiger partial charge >= 0.3 is 0 Å². The molecule has 0 heterocycles. The Morgan fingerprint density at radius 3 is 2.45 bits per heavy atom. The summed E-state index contributed by atoms with van der Waals surface area (Å²) in [5.74, 6) is 6.32. The number of allylic oxidation sites excluding steroid dienone is 1. The molecule has 0 amide bonds. The van der Waals surface area contributed by atoms with Crippen molar-refractivity contribution in [1.82, 2.24) is 0 Å². The van der Waals surface area contributed by atoms with Crippen LogP contribution in [0, 0.1) is 52.3 Å². The summed E-state index contributed by atoms with van der Waals surface area (Å²) in [7, 11) is 0. The van der Waals surface area contributed by atoms with Crippen molar-refractivity contribution in [1.29, 1.82) is 0 Å². The van der Waals surface area contributed by atoms with Crippen molar-refractivity contribution in [2.75, 3.05) is 0 Å². The molecular formula is C30H52O. The van der Waals surface area contributed by atoms with Crippen LogP contribution in [0.2, 0.25) is 0 Å². The molecule has 0 saturated heterocycles. The SMILES string of the molecule is CCCC(CCC(C)[C@H]1CC[C@H]2[C@@H]3CC=C4C[C@@H](O)CC[C@]4(C)[C@H]3CC[C@]12C)C(C)C. The van der Waals surface area contributed by atoms with Gasteiger partial charge in [-0.15, -0.1) is 0 Å². The van der Waals surface area contributed by atoms with Crippen molar-refractivity contribution < 1.29 is 5.11 Å². The molecular weight excluding hydrogens is 376 g/mol. The maximum Gasteiger partial charge on any atom is 0.0577 e. The third kappa shape index (κ3) is 4.20. The first-order valence-corrected chi connectivity index (χ1v) is 14.1. The standard InChI is InChI=1S/C30H52O/c1-7-8-22(20(2)3)10-9-21(4)26-13-14-27-25-12-11-23-19-24(31)15-17-29(23,5)28(25)16-18-30(26,27)6/h11,20-22,24-28,31H,7-10,12-19H2,1-6H3/t21?,22?,24-,25-,26+,27-,28-,29-,30+/m0/s1. The Morgan fingerprint density at radius 1 is 0.968 bits per heavy atom. The summed E-state index contributed by atoms with van der Waals surface area (Å²) in [6.07, 6.45) is 18.5. The van der Waals surface area contributed by atoms with E-state index in [4.69, 9.17) is 0 Å². The molecule has 4 rings (SSSR count). The third-order valence-electron chi connectivity index (χ3n) is 11.4. The van der Waals surface area contributed by atoms with Crippen molar-refractivity contribution in [2.45, 2.75) is 125 Å². The zero-order valence-electron chi connectivity index (χ0n) is 21.6. The Balaban J connectivity index is 1.46. The Labute approximate surface area is 193 Å². The summed E-state index contributed by atoms with van der Waals surface area (Å²) in [6, 6.07) is 0. The van der Waals surface area contributed by atoms with E-state index < -0.39 is 0 Å². The van der Waals surface area contributed by atoms with Crippen LogP contribution in [0.1, 0.15) is 119 Å². The highest BCUT2D eigenvalue weighted by Crippen LogP contribution is 2.67. The molecule has 4 aliphatic rings. The summed E-state index contributed by atoms with van der Waals surface area (Å²) in [4.78, 5) is 0. The molecule has 2 unspecified atom stereocenters. The van der Waals surface area contributed by atoms with E-state index in [1.165, 1.54) is 64.2 Å². The number of aliphatic hydroxyl groups excluding tert-OH is 1. The van der Waals surface area contributed by atoms with E-state index in [-0.39, 0.29) is 6.10 Å². The van der Waals surface area contributed by atoms with Gasteiger partial charge in [-0.3, -0.25) is 0 Å². The zero-order chi connectivity index (χ0) is 22.4. The molecule has 0 aliphatic heterocycles. The molecule has 178 valence electrons.